The normalized spacial score (nSPS) is 12.4. The van der Waals surface area contributed by atoms with E-state index in [4.69, 9.17) is 0 Å². The number of hydrogen-bond acceptors (Lipinski definition) is 5. The number of rotatable bonds is 4. The summed E-state index contributed by atoms with van der Waals surface area (Å²) in [5, 5.41) is 4.88. The Bertz CT molecular complexity index is 1340. The van der Waals surface area contributed by atoms with Crippen LogP contribution in [0, 0.1) is 0 Å². The SMILES string of the molecule is Cn1cc(-c2ccc(S(=O)(=O)Nc3cccc4cnn(C)c34)cn2)nc1C(F)(F)F. The van der Waals surface area contributed by atoms with E-state index in [9.17, 15) is 21.6 Å². The Balaban J connectivity index is 1.64. The molecule has 3 aromatic heterocycles. The maximum atomic E-state index is 12.9. The summed E-state index contributed by atoms with van der Waals surface area (Å²) in [6.07, 6.45) is -0.734. The van der Waals surface area contributed by atoms with Crippen molar-refractivity contribution in [1.82, 2.24) is 24.3 Å². The fraction of sp³-hybridized carbons (Fsp3) is 0.167. The third-order valence-electron chi connectivity index (χ3n) is 4.44. The minimum Gasteiger partial charge on any atom is -0.330 e. The Labute approximate surface area is 169 Å². The van der Waals surface area contributed by atoms with Crippen molar-refractivity contribution in [2.45, 2.75) is 11.1 Å². The van der Waals surface area contributed by atoms with Crippen LogP contribution in [-0.2, 0) is 30.3 Å². The Morgan fingerprint density at radius 2 is 1.80 bits per heavy atom. The molecule has 1 aromatic carbocycles. The van der Waals surface area contributed by atoms with Crippen molar-refractivity contribution in [3.8, 4) is 11.4 Å². The molecule has 8 nitrogen and oxygen atoms in total. The number of aryl methyl sites for hydroxylation is 2. The molecule has 0 aliphatic heterocycles. The monoisotopic (exact) mass is 436 g/mol. The highest BCUT2D eigenvalue weighted by Crippen LogP contribution is 2.30. The molecule has 0 saturated heterocycles. The number of para-hydroxylation sites is 1. The highest BCUT2D eigenvalue weighted by atomic mass is 32.2. The van der Waals surface area contributed by atoms with Gasteiger partial charge in [-0.15, -0.1) is 0 Å². The molecule has 0 saturated carbocycles. The first kappa shape index (κ1) is 19.9. The molecule has 0 bridgehead atoms. The average molecular weight is 436 g/mol. The second-order valence-electron chi connectivity index (χ2n) is 6.55. The molecule has 156 valence electrons. The second kappa shape index (κ2) is 6.83. The van der Waals surface area contributed by atoms with E-state index in [-0.39, 0.29) is 16.3 Å². The van der Waals surface area contributed by atoms with Crippen LogP contribution in [0.25, 0.3) is 22.3 Å². The molecule has 0 fully saturated rings. The molecule has 0 radical (unpaired) electrons. The highest BCUT2D eigenvalue weighted by Gasteiger charge is 2.36. The van der Waals surface area contributed by atoms with Gasteiger partial charge in [0.05, 0.1) is 23.1 Å². The molecular formula is C18H15F3N6O2S. The van der Waals surface area contributed by atoms with Gasteiger partial charge in [-0.1, -0.05) is 12.1 Å². The summed E-state index contributed by atoms with van der Waals surface area (Å²) in [6.45, 7) is 0. The molecule has 30 heavy (non-hydrogen) atoms. The topological polar surface area (TPSA) is 94.7 Å². The largest absolute Gasteiger partial charge is 0.449 e. The molecular weight excluding hydrogens is 421 g/mol. The zero-order chi connectivity index (χ0) is 21.7. The van der Waals surface area contributed by atoms with E-state index in [1.165, 1.54) is 25.4 Å². The number of alkyl halides is 3. The smallest absolute Gasteiger partial charge is 0.330 e. The van der Waals surface area contributed by atoms with Crippen molar-refractivity contribution in [2.75, 3.05) is 4.72 Å². The summed E-state index contributed by atoms with van der Waals surface area (Å²) < 4.78 is 69.2. The first-order valence-electron chi connectivity index (χ1n) is 8.57. The van der Waals surface area contributed by atoms with Crippen LogP contribution < -0.4 is 4.72 Å². The Hall–Kier alpha value is -3.41. The van der Waals surface area contributed by atoms with Crippen molar-refractivity contribution < 1.29 is 21.6 Å². The van der Waals surface area contributed by atoms with Gasteiger partial charge in [0, 0.05) is 31.9 Å². The van der Waals surface area contributed by atoms with Crippen LogP contribution in [0.2, 0.25) is 0 Å². The second-order valence-corrected chi connectivity index (χ2v) is 8.24. The summed E-state index contributed by atoms with van der Waals surface area (Å²) in [4.78, 5) is 7.39. The summed E-state index contributed by atoms with van der Waals surface area (Å²) in [6, 6.07) is 7.68. The van der Waals surface area contributed by atoms with Crippen molar-refractivity contribution in [2.24, 2.45) is 14.1 Å². The van der Waals surface area contributed by atoms with Gasteiger partial charge in [0.2, 0.25) is 5.82 Å². The van der Waals surface area contributed by atoms with E-state index in [1.807, 2.05) is 0 Å². The maximum Gasteiger partial charge on any atom is 0.449 e. The van der Waals surface area contributed by atoms with E-state index in [0.29, 0.717) is 11.2 Å². The van der Waals surface area contributed by atoms with Crippen LogP contribution in [0.4, 0.5) is 18.9 Å². The first-order chi connectivity index (χ1) is 14.1. The molecule has 12 heteroatoms. The molecule has 4 aromatic rings. The van der Waals surface area contributed by atoms with Crippen LogP contribution in [0.1, 0.15) is 5.82 Å². The Morgan fingerprint density at radius 3 is 2.43 bits per heavy atom. The summed E-state index contributed by atoms with van der Waals surface area (Å²) in [5.74, 6) is -1.07. The van der Waals surface area contributed by atoms with Crippen LogP contribution in [0.5, 0.6) is 0 Å². The van der Waals surface area contributed by atoms with Crippen molar-refractivity contribution >= 4 is 26.6 Å². The quantitative estimate of drug-likeness (QED) is 0.530. The number of nitrogens with zero attached hydrogens (tertiary/aromatic N) is 5. The van der Waals surface area contributed by atoms with E-state index in [1.54, 1.807) is 36.1 Å². The van der Waals surface area contributed by atoms with E-state index >= 15 is 0 Å². The van der Waals surface area contributed by atoms with Crippen molar-refractivity contribution in [1.29, 1.82) is 0 Å². The van der Waals surface area contributed by atoms with Gasteiger partial charge in [-0.05, 0) is 18.2 Å². The molecule has 0 unspecified atom stereocenters. The van der Waals surface area contributed by atoms with Gasteiger partial charge in [0.25, 0.3) is 10.0 Å². The van der Waals surface area contributed by atoms with Gasteiger partial charge in [-0.2, -0.15) is 18.3 Å². The van der Waals surface area contributed by atoms with Gasteiger partial charge < -0.3 is 4.57 Å². The molecule has 0 aliphatic rings. The number of benzene rings is 1. The average Bonchev–Trinajstić information content (AvgIpc) is 3.25. The van der Waals surface area contributed by atoms with Crippen LogP contribution in [0.15, 0.2) is 53.8 Å². The number of fused-ring (bicyclic) bond motifs is 1. The number of hydrogen-bond donors (Lipinski definition) is 1. The van der Waals surface area contributed by atoms with Crippen molar-refractivity contribution in [3.63, 3.8) is 0 Å². The molecule has 1 N–H and O–H groups in total. The van der Waals surface area contributed by atoms with E-state index in [2.05, 4.69) is 19.8 Å². The number of aromatic nitrogens is 5. The summed E-state index contributed by atoms with van der Waals surface area (Å²) in [5.41, 5.74) is 1.06. The minimum atomic E-state index is -4.60. The lowest BCUT2D eigenvalue weighted by atomic mass is 10.2. The third kappa shape index (κ3) is 3.49. The van der Waals surface area contributed by atoms with Gasteiger partial charge in [-0.25, -0.2) is 13.4 Å². The fourth-order valence-corrected chi connectivity index (χ4v) is 4.07. The zero-order valence-electron chi connectivity index (χ0n) is 15.7. The number of anilines is 1. The molecule has 0 amide bonds. The van der Waals surface area contributed by atoms with E-state index < -0.39 is 22.0 Å². The number of pyridine rings is 1. The molecule has 4 rings (SSSR count). The first-order valence-corrected chi connectivity index (χ1v) is 10.0. The Morgan fingerprint density at radius 1 is 1.03 bits per heavy atom. The van der Waals surface area contributed by atoms with Gasteiger partial charge in [0.1, 0.15) is 10.6 Å². The standard InChI is InChI=1S/C18H15F3N6O2S/c1-26-10-15(24-17(26)18(19,20)21)13-7-6-12(9-22-13)30(28,29)25-14-5-3-4-11-8-23-27(2)16(11)14/h3-10,25H,1-2H3. The van der Waals surface area contributed by atoms with Gasteiger partial charge in [-0.3, -0.25) is 14.4 Å². The summed E-state index contributed by atoms with van der Waals surface area (Å²) >= 11 is 0. The van der Waals surface area contributed by atoms with Crippen LogP contribution in [-0.4, -0.2) is 32.7 Å². The fourth-order valence-electron chi connectivity index (χ4n) is 3.06. The maximum absolute atomic E-state index is 12.9. The lowest BCUT2D eigenvalue weighted by molar-refractivity contribution is -0.146. The lowest BCUT2D eigenvalue weighted by Crippen LogP contribution is -2.14. The molecule has 0 atom stereocenters. The van der Waals surface area contributed by atoms with Crippen LogP contribution >= 0.6 is 0 Å². The highest BCUT2D eigenvalue weighted by molar-refractivity contribution is 7.92. The van der Waals surface area contributed by atoms with E-state index in [0.717, 1.165) is 16.2 Å². The van der Waals surface area contributed by atoms with Gasteiger partial charge >= 0.3 is 6.18 Å². The number of sulfonamides is 1. The van der Waals surface area contributed by atoms with Crippen molar-refractivity contribution in [3.05, 3.63) is 54.7 Å². The number of imidazole rings is 1. The predicted molar refractivity (Wildman–Crippen MR) is 103 cm³/mol. The van der Waals surface area contributed by atoms with Gasteiger partial charge in [0.15, 0.2) is 0 Å². The number of nitrogens with one attached hydrogen (secondary N) is 1. The summed E-state index contributed by atoms with van der Waals surface area (Å²) in [7, 11) is -1.07. The molecule has 3 heterocycles. The predicted octanol–water partition coefficient (Wildman–Crippen LogP) is 3.19. The number of halogens is 3. The zero-order valence-corrected chi connectivity index (χ0v) is 16.5. The van der Waals surface area contributed by atoms with Crippen LogP contribution in [0.3, 0.4) is 0 Å². The third-order valence-corrected chi connectivity index (χ3v) is 5.79. The molecule has 0 spiro atoms. The molecule has 0 aliphatic carbocycles. The lowest BCUT2D eigenvalue weighted by Gasteiger charge is -2.10. The minimum absolute atomic E-state index is 0.0126. The Kier molecular flexibility index (Phi) is 4.53.